The van der Waals surface area contributed by atoms with Crippen molar-refractivity contribution in [3.63, 3.8) is 0 Å². The summed E-state index contributed by atoms with van der Waals surface area (Å²) in [7, 11) is 0. The summed E-state index contributed by atoms with van der Waals surface area (Å²) in [5.41, 5.74) is -0.403. The van der Waals surface area contributed by atoms with Gasteiger partial charge < -0.3 is 15.0 Å². The van der Waals surface area contributed by atoms with E-state index in [0.717, 1.165) is 31.8 Å². The van der Waals surface area contributed by atoms with Crippen LogP contribution in [0.3, 0.4) is 0 Å². The topological polar surface area (TPSA) is 41.6 Å². The van der Waals surface area contributed by atoms with Crippen LogP contribution in [-0.2, 0) is 4.74 Å². The van der Waals surface area contributed by atoms with Crippen molar-refractivity contribution in [2.45, 2.75) is 90.3 Å². The van der Waals surface area contributed by atoms with Crippen LogP contribution in [0.5, 0.6) is 0 Å². The molecule has 1 N–H and O–H groups in total. The predicted octanol–water partition coefficient (Wildman–Crippen LogP) is 3.94. The van der Waals surface area contributed by atoms with Crippen LogP contribution in [0.4, 0.5) is 4.79 Å². The molecule has 0 radical (unpaired) electrons. The third-order valence-corrected chi connectivity index (χ3v) is 4.79. The number of carbonyl (C=O) groups is 1. The molecule has 2 rings (SSSR count). The second-order valence-corrected chi connectivity index (χ2v) is 8.23. The fourth-order valence-corrected chi connectivity index (χ4v) is 3.69. The number of rotatable bonds is 2. The molecule has 0 bridgehead atoms. The molecule has 0 aromatic carbocycles. The Kier molecular flexibility index (Phi) is 6.13. The molecule has 1 saturated carbocycles. The van der Waals surface area contributed by atoms with Crippen LogP contribution in [0.15, 0.2) is 0 Å². The van der Waals surface area contributed by atoms with E-state index in [1.807, 2.05) is 25.7 Å². The number of amides is 1. The molecule has 1 heterocycles. The van der Waals surface area contributed by atoms with Gasteiger partial charge in [0.15, 0.2) is 0 Å². The summed E-state index contributed by atoms with van der Waals surface area (Å²) in [4.78, 5) is 14.1. The highest BCUT2D eigenvalue weighted by atomic mass is 16.6. The van der Waals surface area contributed by atoms with Crippen molar-refractivity contribution >= 4 is 6.09 Å². The fraction of sp³-hybridized carbons (Fsp3) is 0.944. The molecule has 0 aromatic rings. The Morgan fingerprint density at radius 2 is 1.77 bits per heavy atom. The summed E-state index contributed by atoms with van der Waals surface area (Å²) in [6, 6.07) is 1.24. The lowest BCUT2D eigenvalue weighted by Gasteiger charge is -2.31. The Hall–Kier alpha value is -0.770. The zero-order chi connectivity index (χ0) is 16.2. The summed E-state index contributed by atoms with van der Waals surface area (Å²) < 4.78 is 5.50. The Bertz CT molecular complexity index is 365. The lowest BCUT2D eigenvalue weighted by molar-refractivity contribution is 0.0256. The fourth-order valence-electron chi connectivity index (χ4n) is 3.69. The highest BCUT2D eigenvalue weighted by molar-refractivity contribution is 5.68. The molecule has 1 amide bonds. The number of ether oxygens (including phenoxy) is 1. The van der Waals surface area contributed by atoms with Crippen LogP contribution in [0.25, 0.3) is 0 Å². The van der Waals surface area contributed by atoms with Gasteiger partial charge in [0.05, 0.1) is 0 Å². The van der Waals surface area contributed by atoms with E-state index >= 15 is 0 Å². The van der Waals surface area contributed by atoms with E-state index in [2.05, 4.69) is 12.2 Å². The minimum Gasteiger partial charge on any atom is -0.444 e. The third kappa shape index (κ3) is 5.79. The highest BCUT2D eigenvalue weighted by Crippen LogP contribution is 2.25. The van der Waals surface area contributed by atoms with Crippen LogP contribution in [0.1, 0.15) is 72.6 Å². The summed E-state index contributed by atoms with van der Waals surface area (Å²) in [5, 5.41) is 3.86. The maximum atomic E-state index is 12.2. The van der Waals surface area contributed by atoms with Gasteiger partial charge in [-0.25, -0.2) is 4.79 Å². The second-order valence-electron chi connectivity index (χ2n) is 8.23. The molecule has 0 spiro atoms. The maximum Gasteiger partial charge on any atom is 0.410 e. The number of nitrogens with zero attached hydrogens (tertiary/aromatic N) is 1. The van der Waals surface area contributed by atoms with Crippen molar-refractivity contribution < 1.29 is 9.53 Å². The minimum atomic E-state index is -0.403. The van der Waals surface area contributed by atoms with Crippen LogP contribution >= 0.6 is 0 Å². The molecule has 4 heteroatoms. The monoisotopic (exact) mass is 310 g/mol. The molecule has 128 valence electrons. The molecule has 22 heavy (non-hydrogen) atoms. The average Bonchev–Trinajstić information content (AvgIpc) is 2.62. The van der Waals surface area contributed by atoms with Crippen LogP contribution in [0.2, 0.25) is 0 Å². The lowest BCUT2D eigenvalue weighted by atomic mass is 9.86. The number of hydrogen-bond donors (Lipinski definition) is 1. The first-order chi connectivity index (χ1) is 10.3. The SMILES string of the molecule is CC1CCCC(NC2CCCN(C(=O)OC(C)(C)C)CC2)C1. The zero-order valence-electron chi connectivity index (χ0n) is 14.9. The van der Waals surface area contributed by atoms with Crippen LogP contribution in [-0.4, -0.2) is 41.8 Å². The molecule has 2 fully saturated rings. The average molecular weight is 310 g/mol. The Morgan fingerprint density at radius 3 is 2.45 bits per heavy atom. The summed E-state index contributed by atoms with van der Waals surface area (Å²) >= 11 is 0. The van der Waals surface area contributed by atoms with E-state index in [4.69, 9.17) is 4.74 Å². The molecule has 4 nitrogen and oxygen atoms in total. The Balaban J connectivity index is 1.78. The molecular weight excluding hydrogens is 276 g/mol. The normalized spacial score (nSPS) is 30.7. The number of likely N-dealkylation sites (tertiary alicyclic amines) is 1. The van der Waals surface area contributed by atoms with Crippen molar-refractivity contribution in [1.29, 1.82) is 0 Å². The number of hydrogen-bond acceptors (Lipinski definition) is 3. The van der Waals surface area contributed by atoms with E-state index in [1.165, 1.54) is 32.1 Å². The van der Waals surface area contributed by atoms with E-state index in [1.54, 1.807) is 0 Å². The Morgan fingerprint density at radius 1 is 1.05 bits per heavy atom. The Labute approximate surface area is 136 Å². The highest BCUT2D eigenvalue weighted by Gasteiger charge is 2.27. The van der Waals surface area contributed by atoms with Gasteiger partial charge >= 0.3 is 6.09 Å². The van der Waals surface area contributed by atoms with Crippen LogP contribution < -0.4 is 5.32 Å². The molecule has 0 aromatic heterocycles. The molecular formula is C18H34N2O2. The van der Waals surface area contributed by atoms with Gasteiger partial charge in [-0.3, -0.25) is 0 Å². The number of nitrogens with one attached hydrogen (secondary N) is 1. The first-order valence-corrected chi connectivity index (χ1v) is 9.07. The van der Waals surface area contributed by atoms with E-state index in [0.29, 0.717) is 12.1 Å². The molecule has 1 saturated heterocycles. The van der Waals surface area contributed by atoms with Gasteiger partial charge in [0.2, 0.25) is 0 Å². The molecule has 1 aliphatic heterocycles. The van der Waals surface area contributed by atoms with Crippen molar-refractivity contribution in [2.75, 3.05) is 13.1 Å². The van der Waals surface area contributed by atoms with E-state index < -0.39 is 5.60 Å². The van der Waals surface area contributed by atoms with Gasteiger partial charge in [0, 0.05) is 25.2 Å². The van der Waals surface area contributed by atoms with E-state index in [-0.39, 0.29) is 6.09 Å². The van der Waals surface area contributed by atoms with Crippen molar-refractivity contribution in [2.24, 2.45) is 5.92 Å². The van der Waals surface area contributed by atoms with Gasteiger partial charge in [-0.2, -0.15) is 0 Å². The standard InChI is InChI=1S/C18H34N2O2/c1-14-7-5-8-16(13-14)19-15-9-6-11-20(12-10-15)17(21)22-18(2,3)4/h14-16,19H,5-13H2,1-4H3. The summed E-state index contributed by atoms with van der Waals surface area (Å²) in [6.45, 7) is 9.79. The molecule has 2 aliphatic rings. The maximum absolute atomic E-state index is 12.2. The molecule has 1 aliphatic carbocycles. The second kappa shape index (κ2) is 7.67. The zero-order valence-corrected chi connectivity index (χ0v) is 14.9. The number of carbonyl (C=O) groups excluding carboxylic acids is 1. The van der Waals surface area contributed by atoms with Gasteiger partial charge in [0.1, 0.15) is 5.60 Å². The van der Waals surface area contributed by atoms with Crippen LogP contribution in [0, 0.1) is 5.92 Å². The smallest absolute Gasteiger partial charge is 0.410 e. The predicted molar refractivity (Wildman–Crippen MR) is 90.0 cm³/mol. The first-order valence-electron chi connectivity index (χ1n) is 9.07. The van der Waals surface area contributed by atoms with Crippen molar-refractivity contribution in [3.8, 4) is 0 Å². The summed E-state index contributed by atoms with van der Waals surface area (Å²) in [5.74, 6) is 0.857. The first kappa shape index (κ1) is 17.6. The van der Waals surface area contributed by atoms with Gasteiger partial charge in [-0.05, 0) is 58.8 Å². The van der Waals surface area contributed by atoms with E-state index in [9.17, 15) is 4.79 Å². The largest absolute Gasteiger partial charge is 0.444 e. The van der Waals surface area contributed by atoms with Crippen molar-refractivity contribution in [3.05, 3.63) is 0 Å². The molecule has 3 unspecified atom stereocenters. The van der Waals surface area contributed by atoms with Crippen molar-refractivity contribution in [1.82, 2.24) is 10.2 Å². The van der Waals surface area contributed by atoms with Gasteiger partial charge in [-0.1, -0.05) is 19.8 Å². The quantitative estimate of drug-likeness (QED) is 0.840. The summed E-state index contributed by atoms with van der Waals surface area (Å²) in [6.07, 6.45) is 8.50. The van der Waals surface area contributed by atoms with Gasteiger partial charge in [0.25, 0.3) is 0 Å². The third-order valence-electron chi connectivity index (χ3n) is 4.79. The van der Waals surface area contributed by atoms with Gasteiger partial charge in [-0.15, -0.1) is 0 Å². The minimum absolute atomic E-state index is 0.153. The molecule has 3 atom stereocenters. The lowest BCUT2D eigenvalue weighted by Crippen LogP contribution is -2.42.